The van der Waals surface area contributed by atoms with Crippen LogP contribution < -0.4 is 11.1 Å². The first-order valence-corrected chi connectivity index (χ1v) is 7.37. The predicted octanol–water partition coefficient (Wildman–Crippen LogP) is 2.13. The summed E-state index contributed by atoms with van der Waals surface area (Å²) in [5.74, 6) is 0.940. The molecule has 2 unspecified atom stereocenters. The summed E-state index contributed by atoms with van der Waals surface area (Å²) in [7, 11) is 0. The number of nitrogens with zero attached hydrogens (tertiary/aromatic N) is 1. The number of amides is 1. The number of hydrogen-bond donors (Lipinski definition) is 2. The molecule has 102 valence electrons. The van der Waals surface area contributed by atoms with Crippen LogP contribution in [0, 0.1) is 5.92 Å². The van der Waals surface area contributed by atoms with Crippen molar-refractivity contribution in [3.05, 3.63) is 16.6 Å². The van der Waals surface area contributed by atoms with Gasteiger partial charge in [0, 0.05) is 30.5 Å². The van der Waals surface area contributed by atoms with Crippen LogP contribution in [-0.4, -0.2) is 24.0 Å². The molecule has 5 heteroatoms. The number of aromatic nitrogens is 1. The van der Waals surface area contributed by atoms with E-state index >= 15 is 0 Å². The van der Waals surface area contributed by atoms with E-state index in [0.717, 1.165) is 17.8 Å². The molecule has 0 spiro atoms. The Balaban J connectivity index is 2.17. The monoisotopic (exact) mass is 269 g/mol. The van der Waals surface area contributed by atoms with Crippen LogP contribution in [0.25, 0.3) is 0 Å². The van der Waals surface area contributed by atoms with E-state index in [-0.39, 0.29) is 11.8 Å². The zero-order valence-corrected chi connectivity index (χ0v) is 12.0. The van der Waals surface area contributed by atoms with Gasteiger partial charge < -0.3 is 11.1 Å². The van der Waals surface area contributed by atoms with E-state index in [1.165, 1.54) is 0 Å². The topological polar surface area (TPSA) is 68.0 Å². The SMILES string of the molecule is CC(CCN)CCC(=O)NCC(C)c1nccs1. The molecular formula is C13H23N3OS. The molecule has 1 heterocycles. The summed E-state index contributed by atoms with van der Waals surface area (Å²) >= 11 is 1.63. The third-order valence-corrected chi connectivity index (χ3v) is 4.01. The molecule has 18 heavy (non-hydrogen) atoms. The molecular weight excluding hydrogens is 246 g/mol. The van der Waals surface area contributed by atoms with E-state index in [4.69, 9.17) is 5.73 Å². The molecule has 0 fully saturated rings. The average Bonchev–Trinajstić information content (AvgIpc) is 2.87. The predicted molar refractivity (Wildman–Crippen MR) is 75.6 cm³/mol. The van der Waals surface area contributed by atoms with Crippen LogP contribution in [0.5, 0.6) is 0 Å². The number of nitrogens with one attached hydrogen (secondary N) is 1. The highest BCUT2D eigenvalue weighted by atomic mass is 32.1. The highest BCUT2D eigenvalue weighted by Gasteiger charge is 2.10. The lowest BCUT2D eigenvalue weighted by molar-refractivity contribution is -0.121. The molecule has 1 amide bonds. The molecule has 0 aliphatic carbocycles. The van der Waals surface area contributed by atoms with Gasteiger partial charge in [0.05, 0.1) is 5.01 Å². The summed E-state index contributed by atoms with van der Waals surface area (Å²) in [6.45, 7) is 5.58. The third-order valence-electron chi connectivity index (χ3n) is 3.00. The fourth-order valence-corrected chi connectivity index (χ4v) is 2.43. The minimum absolute atomic E-state index is 0.127. The lowest BCUT2D eigenvalue weighted by Gasteiger charge is -2.12. The van der Waals surface area contributed by atoms with Gasteiger partial charge in [0.1, 0.15) is 0 Å². The van der Waals surface area contributed by atoms with E-state index < -0.39 is 0 Å². The molecule has 0 radical (unpaired) electrons. The maximum Gasteiger partial charge on any atom is 0.220 e. The first-order valence-electron chi connectivity index (χ1n) is 6.49. The second kappa shape index (κ2) is 8.21. The molecule has 0 aliphatic rings. The number of carbonyl (C=O) groups excluding carboxylic acids is 1. The van der Waals surface area contributed by atoms with Crippen molar-refractivity contribution < 1.29 is 4.79 Å². The summed E-state index contributed by atoms with van der Waals surface area (Å²) in [5, 5.41) is 6.00. The first-order chi connectivity index (χ1) is 8.63. The molecule has 1 aromatic rings. The van der Waals surface area contributed by atoms with Gasteiger partial charge in [0.25, 0.3) is 0 Å². The number of rotatable bonds is 8. The molecule has 0 aromatic carbocycles. The number of carbonyl (C=O) groups is 1. The second-order valence-corrected chi connectivity index (χ2v) is 5.72. The van der Waals surface area contributed by atoms with Crippen LogP contribution in [0.3, 0.4) is 0 Å². The molecule has 1 rings (SSSR count). The van der Waals surface area contributed by atoms with Crippen LogP contribution in [0.2, 0.25) is 0 Å². The van der Waals surface area contributed by atoms with Gasteiger partial charge in [-0.15, -0.1) is 11.3 Å². The highest BCUT2D eigenvalue weighted by Crippen LogP contribution is 2.16. The van der Waals surface area contributed by atoms with Crippen molar-refractivity contribution in [2.24, 2.45) is 11.7 Å². The smallest absolute Gasteiger partial charge is 0.220 e. The lowest BCUT2D eigenvalue weighted by atomic mass is 10.0. The Bertz CT molecular complexity index is 340. The van der Waals surface area contributed by atoms with E-state index in [9.17, 15) is 4.79 Å². The molecule has 0 aliphatic heterocycles. The van der Waals surface area contributed by atoms with Crippen molar-refractivity contribution in [2.45, 2.75) is 39.0 Å². The molecule has 1 aromatic heterocycles. The fourth-order valence-electron chi connectivity index (χ4n) is 1.73. The van der Waals surface area contributed by atoms with Crippen LogP contribution in [0.4, 0.5) is 0 Å². The Morgan fingerprint density at radius 1 is 1.50 bits per heavy atom. The Kier molecular flexibility index (Phi) is 6.90. The Hall–Kier alpha value is -0.940. The van der Waals surface area contributed by atoms with Gasteiger partial charge >= 0.3 is 0 Å². The van der Waals surface area contributed by atoms with Gasteiger partial charge in [0.2, 0.25) is 5.91 Å². The Labute approximate surface area is 113 Å². The summed E-state index contributed by atoms with van der Waals surface area (Å²) < 4.78 is 0. The second-order valence-electron chi connectivity index (χ2n) is 4.80. The average molecular weight is 269 g/mol. The molecule has 2 atom stereocenters. The minimum Gasteiger partial charge on any atom is -0.355 e. The molecule has 0 bridgehead atoms. The minimum atomic E-state index is 0.127. The number of thiazole rings is 1. The number of hydrogen-bond acceptors (Lipinski definition) is 4. The van der Waals surface area contributed by atoms with Gasteiger partial charge in [-0.1, -0.05) is 13.8 Å². The van der Waals surface area contributed by atoms with Crippen molar-refractivity contribution in [3.63, 3.8) is 0 Å². The standard InChI is InChI=1S/C13H23N3OS/c1-10(5-6-14)3-4-12(17)16-9-11(2)13-15-7-8-18-13/h7-8,10-11H,3-6,9,14H2,1-2H3,(H,16,17). The molecule has 4 nitrogen and oxygen atoms in total. The van der Waals surface area contributed by atoms with Gasteiger partial charge in [-0.05, 0) is 25.3 Å². The quantitative estimate of drug-likeness (QED) is 0.759. The van der Waals surface area contributed by atoms with Crippen molar-refractivity contribution in [3.8, 4) is 0 Å². The van der Waals surface area contributed by atoms with Gasteiger partial charge in [-0.3, -0.25) is 4.79 Å². The Morgan fingerprint density at radius 3 is 2.89 bits per heavy atom. The maximum atomic E-state index is 11.7. The summed E-state index contributed by atoms with van der Waals surface area (Å²) in [4.78, 5) is 15.9. The Morgan fingerprint density at radius 2 is 2.28 bits per heavy atom. The molecule has 0 saturated heterocycles. The normalized spacial score (nSPS) is 14.2. The van der Waals surface area contributed by atoms with Crippen molar-refractivity contribution in [1.29, 1.82) is 0 Å². The molecule has 3 N–H and O–H groups in total. The summed E-state index contributed by atoms with van der Waals surface area (Å²) in [6, 6.07) is 0. The summed E-state index contributed by atoms with van der Waals surface area (Å²) in [5.41, 5.74) is 5.48. The van der Waals surface area contributed by atoms with Crippen molar-refractivity contribution in [1.82, 2.24) is 10.3 Å². The van der Waals surface area contributed by atoms with Crippen LogP contribution in [0.1, 0.15) is 44.0 Å². The summed E-state index contributed by atoms with van der Waals surface area (Å²) in [6.07, 6.45) is 4.29. The van der Waals surface area contributed by atoms with Crippen LogP contribution >= 0.6 is 11.3 Å². The highest BCUT2D eigenvalue weighted by molar-refractivity contribution is 7.09. The van der Waals surface area contributed by atoms with E-state index in [1.807, 2.05) is 5.38 Å². The molecule has 0 saturated carbocycles. The largest absolute Gasteiger partial charge is 0.355 e. The fraction of sp³-hybridized carbons (Fsp3) is 0.692. The zero-order chi connectivity index (χ0) is 13.4. The van der Waals surface area contributed by atoms with Crippen LogP contribution in [0.15, 0.2) is 11.6 Å². The van der Waals surface area contributed by atoms with E-state index in [0.29, 0.717) is 25.4 Å². The first kappa shape index (κ1) is 15.1. The van der Waals surface area contributed by atoms with Gasteiger partial charge in [0.15, 0.2) is 0 Å². The van der Waals surface area contributed by atoms with E-state index in [1.54, 1.807) is 17.5 Å². The van der Waals surface area contributed by atoms with Gasteiger partial charge in [-0.25, -0.2) is 4.98 Å². The number of nitrogens with two attached hydrogens (primary N) is 1. The van der Waals surface area contributed by atoms with Crippen LogP contribution in [-0.2, 0) is 4.79 Å². The van der Waals surface area contributed by atoms with E-state index in [2.05, 4.69) is 24.1 Å². The lowest BCUT2D eigenvalue weighted by Crippen LogP contribution is -2.27. The maximum absolute atomic E-state index is 11.7. The van der Waals surface area contributed by atoms with Gasteiger partial charge in [-0.2, -0.15) is 0 Å². The van der Waals surface area contributed by atoms with Crippen molar-refractivity contribution in [2.75, 3.05) is 13.1 Å². The third kappa shape index (κ3) is 5.60. The zero-order valence-electron chi connectivity index (χ0n) is 11.2. The van der Waals surface area contributed by atoms with Crippen molar-refractivity contribution >= 4 is 17.2 Å².